The van der Waals surface area contributed by atoms with Crippen LogP contribution in [0.3, 0.4) is 0 Å². The van der Waals surface area contributed by atoms with Crippen LogP contribution in [-0.4, -0.2) is 48.8 Å². The standard InChI is InChI=1S/C10H13F6NO3/c1-5(2)17(4-6(18)20-3)8(19)7(9(11,12)13)10(14,15)16/h5,7H,4H2,1-3H3. The lowest BCUT2D eigenvalue weighted by atomic mass is 10.1. The summed E-state index contributed by atoms with van der Waals surface area (Å²) in [6, 6.07) is -1.03. The molecule has 0 aliphatic rings. The summed E-state index contributed by atoms with van der Waals surface area (Å²) < 4.78 is 78.7. The number of nitrogens with zero attached hydrogens (tertiary/aromatic N) is 1. The summed E-state index contributed by atoms with van der Waals surface area (Å²) in [7, 11) is 0.899. The minimum absolute atomic E-state index is 0.178. The van der Waals surface area contributed by atoms with E-state index in [1.54, 1.807) is 0 Å². The predicted molar refractivity (Wildman–Crippen MR) is 54.5 cm³/mol. The third-order valence-corrected chi connectivity index (χ3v) is 2.34. The van der Waals surface area contributed by atoms with Gasteiger partial charge in [-0.15, -0.1) is 0 Å². The number of rotatable bonds is 4. The van der Waals surface area contributed by atoms with Crippen LogP contribution >= 0.6 is 0 Å². The van der Waals surface area contributed by atoms with Gasteiger partial charge in [0.1, 0.15) is 6.54 Å². The number of hydrogen-bond donors (Lipinski definition) is 0. The first-order chi connectivity index (χ1) is 8.82. The molecule has 0 bridgehead atoms. The molecule has 0 aromatic heterocycles. The Morgan fingerprint density at radius 3 is 1.70 bits per heavy atom. The molecule has 0 aliphatic heterocycles. The molecule has 0 aliphatic carbocycles. The van der Waals surface area contributed by atoms with Crippen LogP contribution in [0, 0.1) is 5.92 Å². The lowest BCUT2D eigenvalue weighted by Crippen LogP contribution is -2.52. The normalized spacial score (nSPS) is 12.8. The summed E-state index contributed by atoms with van der Waals surface area (Å²) in [5.74, 6) is -7.51. The van der Waals surface area contributed by atoms with Gasteiger partial charge in [-0.25, -0.2) is 0 Å². The second-order valence-electron chi connectivity index (χ2n) is 4.15. The molecule has 0 atom stereocenters. The number of methoxy groups -OCH3 is 1. The fourth-order valence-electron chi connectivity index (χ4n) is 1.35. The molecule has 1 amide bonds. The fourth-order valence-corrected chi connectivity index (χ4v) is 1.35. The zero-order valence-corrected chi connectivity index (χ0v) is 10.8. The third kappa shape index (κ3) is 4.89. The van der Waals surface area contributed by atoms with Crippen molar-refractivity contribution in [3.05, 3.63) is 0 Å². The number of esters is 1. The molecule has 20 heavy (non-hydrogen) atoms. The highest BCUT2D eigenvalue weighted by Gasteiger charge is 2.62. The number of alkyl halides is 6. The number of halogens is 6. The molecular weight excluding hydrogens is 296 g/mol. The quantitative estimate of drug-likeness (QED) is 0.590. The third-order valence-electron chi connectivity index (χ3n) is 2.34. The van der Waals surface area contributed by atoms with Gasteiger partial charge < -0.3 is 9.64 Å². The molecule has 0 radical (unpaired) electrons. The maximum absolute atomic E-state index is 12.4. The summed E-state index contributed by atoms with van der Waals surface area (Å²) in [6.07, 6.45) is -11.6. The van der Waals surface area contributed by atoms with Crippen molar-refractivity contribution < 1.29 is 40.7 Å². The van der Waals surface area contributed by atoms with Crippen LogP contribution in [0.25, 0.3) is 0 Å². The number of carbonyl (C=O) groups is 2. The topological polar surface area (TPSA) is 46.6 Å². The van der Waals surface area contributed by atoms with Crippen LogP contribution in [0.4, 0.5) is 26.3 Å². The van der Waals surface area contributed by atoms with Crippen molar-refractivity contribution in [2.75, 3.05) is 13.7 Å². The van der Waals surface area contributed by atoms with E-state index in [0.717, 1.165) is 7.11 Å². The SMILES string of the molecule is COC(=O)CN(C(=O)C(C(F)(F)F)C(F)(F)F)C(C)C. The van der Waals surface area contributed by atoms with Crippen LogP contribution in [0.5, 0.6) is 0 Å². The molecule has 0 N–H and O–H groups in total. The first-order valence-corrected chi connectivity index (χ1v) is 5.33. The Labute approximate surface area is 110 Å². The molecule has 0 saturated heterocycles. The molecule has 0 aromatic rings. The van der Waals surface area contributed by atoms with E-state index in [9.17, 15) is 35.9 Å². The Morgan fingerprint density at radius 1 is 1.05 bits per heavy atom. The fraction of sp³-hybridized carbons (Fsp3) is 0.800. The monoisotopic (exact) mass is 309 g/mol. The molecule has 4 nitrogen and oxygen atoms in total. The molecule has 0 heterocycles. The zero-order chi connectivity index (χ0) is 16.3. The Balaban J connectivity index is 5.45. The second-order valence-corrected chi connectivity index (χ2v) is 4.15. The van der Waals surface area contributed by atoms with Gasteiger partial charge in [-0.3, -0.25) is 9.59 Å². The van der Waals surface area contributed by atoms with E-state index in [1.165, 1.54) is 13.8 Å². The summed E-state index contributed by atoms with van der Waals surface area (Å²) in [6.45, 7) is 1.38. The summed E-state index contributed by atoms with van der Waals surface area (Å²) in [4.78, 5) is 22.7. The molecular formula is C10H13F6NO3. The number of carbonyl (C=O) groups excluding carboxylic acids is 2. The molecule has 0 saturated carbocycles. The van der Waals surface area contributed by atoms with Crippen LogP contribution in [0.1, 0.15) is 13.8 Å². The zero-order valence-electron chi connectivity index (χ0n) is 10.8. The van der Waals surface area contributed by atoms with Gasteiger partial charge in [0, 0.05) is 6.04 Å². The van der Waals surface area contributed by atoms with Gasteiger partial charge in [0.2, 0.25) is 11.8 Å². The Bertz CT molecular complexity index is 349. The van der Waals surface area contributed by atoms with Crippen LogP contribution < -0.4 is 0 Å². The van der Waals surface area contributed by atoms with Gasteiger partial charge in [0.05, 0.1) is 7.11 Å². The number of amides is 1. The van der Waals surface area contributed by atoms with Crippen molar-refractivity contribution in [3.8, 4) is 0 Å². The van der Waals surface area contributed by atoms with E-state index in [1.807, 2.05) is 0 Å². The van der Waals surface area contributed by atoms with Crippen LogP contribution in [-0.2, 0) is 14.3 Å². The van der Waals surface area contributed by atoms with Crippen molar-refractivity contribution in [2.24, 2.45) is 5.92 Å². The molecule has 0 unspecified atom stereocenters. The van der Waals surface area contributed by atoms with E-state index in [4.69, 9.17) is 0 Å². The van der Waals surface area contributed by atoms with E-state index >= 15 is 0 Å². The van der Waals surface area contributed by atoms with E-state index in [0.29, 0.717) is 0 Å². The maximum Gasteiger partial charge on any atom is 0.409 e. The maximum atomic E-state index is 12.4. The average molecular weight is 309 g/mol. The highest BCUT2D eigenvalue weighted by molar-refractivity contribution is 5.85. The minimum atomic E-state index is -5.79. The summed E-state index contributed by atoms with van der Waals surface area (Å²) in [5.41, 5.74) is 0. The molecule has 10 heteroatoms. The van der Waals surface area contributed by atoms with Crippen molar-refractivity contribution in [1.82, 2.24) is 4.90 Å². The highest BCUT2D eigenvalue weighted by atomic mass is 19.4. The van der Waals surface area contributed by atoms with Gasteiger partial charge in [-0.1, -0.05) is 0 Å². The number of ether oxygens (including phenoxy) is 1. The Kier molecular flexibility index (Phi) is 5.85. The lowest BCUT2D eigenvalue weighted by molar-refractivity contribution is -0.278. The molecule has 0 spiro atoms. The van der Waals surface area contributed by atoms with Crippen molar-refractivity contribution in [3.63, 3.8) is 0 Å². The van der Waals surface area contributed by atoms with Gasteiger partial charge in [-0.2, -0.15) is 26.3 Å². The van der Waals surface area contributed by atoms with Gasteiger partial charge in [0.25, 0.3) is 0 Å². The lowest BCUT2D eigenvalue weighted by Gasteiger charge is -2.31. The molecule has 118 valence electrons. The first kappa shape index (κ1) is 18.5. The van der Waals surface area contributed by atoms with E-state index < -0.39 is 42.7 Å². The summed E-state index contributed by atoms with van der Waals surface area (Å²) >= 11 is 0. The van der Waals surface area contributed by atoms with E-state index in [2.05, 4.69) is 4.74 Å². The minimum Gasteiger partial charge on any atom is -0.468 e. The van der Waals surface area contributed by atoms with Gasteiger partial charge in [0.15, 0.2) is 0 Å². The molecule has 0 aromatic carbocycles. The van der Waals surface area contributed by atoms with Crippen LogP contribution in [0.15, 0.2) is 0 Å². The average Bonchev–Trinajstić information content (AvgIpc) is 2.20. The smallest absolute Gasteiger partial charge is 0.409 e. The van der Waals surface area contributed by atoms with Crippen LogP contribution in [0.2, 0.25) is 0 Å². The summed E-state index contributed by atoms with van der Waals surface area (Å²) in [5, 5.41) is 0. The predicted octanol–water partition coefficient (Wildman–Crippen LogP) is 2.14. The van der Waals surface area contributed by atoms with Crippen molar-refractivity contribution in [2.45, 2.75) is 32.2 Å². The molecule has 0 rings (SSSR count). The highest BCUT2D eigenvalue weighted by Crippen LogP contribution is 2.40. The number of hydrogen-bond acceptors (Lipinski definition) is 3. The Hall–Kier alpha value is -1.48. The first-order valence-electron chi connectivity index (χ1n) is 5.33. The van der Waals surface area contributed by atoms with Gasteiger partial charge in [-0.05, 0) is 13.8 Å². The Morgan fingerprint density at radius 2 is 1.45 bits per heavy atom. The molecule has 0 fully saturated rings. The second kappa shape index (κ2) is 6.31. The van der Waals surface area contributed by atoms with Gasteiger partial charge >= 0.3 is 18.3 Å². The largest absolute Gasteiger partial charge is 0.468 e. The van der Waals surface area contributed by atoms with Crippen molar-refractivity contribution in [1.29, 1.82) is 0 Å². The van der Waals surface area contributed by atoms with Crippen molar-refractivity contribution >= 4 is 11.9 Å². The van der Waals surface area contributed by atoms with E-state index in [-0.39, 0.29) is 4.90 Å².